The SMILES string of the molecule is C[NH+](CC(=O)Nc1ccc(F)cc1)CC(=O)Nc1ccc2ccccc2c1. The molecule has 0 radical (unpaired) electrons. The van der Waals surface area contributed by atoms with Gasteiger partial charge in [0.25, 0.3) is 11.8 Å². The van der Waals surface area contributed by atoms with Crippen LogP contribution >= 0.6 is 0 Å². The van der Waals surface area contributed by atoms with E-state index in [-0.39, 0.29) is 30.7 Å². The predicted octanol–water partition coefficient (Wildman–Crippen LogP) is 2.07. The average Bonchev–Trinajstić information content (AvgIpc) is 2.63. The molecule has 0 saturated carbocycles. The van der Waals surface area contributed by atoms with Gasteiger partial charge in [0, 0.05) is 11.4 Å². The first-order valence-corrected chi connectivity index (χ1v) is 8.65. The standard InChI is InChI=1S/C21H20FN3O2/c1-25(13-20(26)23-18-10-7-17(22)8-11-18)14-21(27)24-19-9-6-15-4-2-3-5-16(15)12-19/h2-12H,13-14H2,1H3,(H,23,26)(H,24,27)/p+1. The molecule has 3 aromatic rings. The zero-order valence-corrected chi connectivity index (χ0v) is 15.0. The Kier molecular flexibility index (Phi) is 5.78. The van der Waals surface area contributed by atoms with E-state index in [0.717, 1.165) is 21.4 Å². The number of hydrogen-bond donors (Lipinski definition) is 3. The van der Waals surface area contributed by atoms with Gasteiger partial charge in [0.15, 0.2) is 13.1 Å². The average molecular weight is 366 g/mol. The molecule has 3 rings (SSSR count). The van der Waals surface area contributed by atoms with Crippen molar-refractivity contribution in [2.75, 3.05) is 30.8 Å². The van der Waals surface area contributed by atoms with Crippen LogP contribution in [0.15, 0.2) is 66.7 Å². The highest BCUT2D eigenvalue weighted by Crippen LogP contribution is 2.18. The third-order valence-corrected chi connectivity index (χ3v) is 4.09. The Morgan fingerprint density at radius 3 is 2.04 bits per heavy atom. The van der Waals surface area contributed by atoms with Crippen molar-refractivity contribution in [3.8, 4) is 0 Å². The summed E-state index contributed by atoms with van der Waals surface area (Å²) in [7, 11) is 1.77. The smallest absolute Gasteiger partial charge is 0.279 e. The number of benzene rings is 3. The minimum absolute atomic E-state index is 0.127. The number of carbonyl (C=O) groups is 2. The summed E-state index contributed by atoms with van der Waals surface area (Å²) in [5.41, 5.74) is 1.25. The molecule has 0 fully saturated rings. The largest absolute Gasteiger partial charge is 0.322 e. The molecule has 0 saturated heterocycles. The van der Waals surface area contributed by atoms with Crippen molar-refractivity contribution in [1.82, 2.24) is 0 Å². The molecule has 1 unspecified atom stereocenters. The summed E-state index contributed by atoms with van der Waals surface area (Å²) in [6.45, 7) is 0.284. The quantitative estimate of drug-likeness (QED) is 0.625. The van der Waals surface area contributed by atoms with Gasteiger partial charge in [0.1, 0.15) is 5.82 Å². The van der Waals surface area contributed by atoms with Crippen LogP contribution in [0.2, 0.25) is 0 Å². The summed E-state index contributed by atoms with van der Waals surface area (Å²) in [5.74, 6) is -0.768. The normalized spacial score (nSPS) is 11.8. The molecule has 0 aliphatic heterocycles. The highest BCUT2D eigenvalue weighted by Gasteiger charge is 2.14. The number of anilines is 2. The maximum Gasteiger partial charge on any atom is 0.279 e. The zero-order chi connectivity index (χ0) is 19.2. The Hall–Kier alpha value is -3.25. The van der Waals surface area contributed by atoms with Crippen molar-refractivity contribution < 1.29 is 18.9 Å². The van der Waals surface area contributed by atoms with Crippen LogP contribution in [-0.2, 0) is 9.59 Å². The molecule has 6 heteroatoms. The first kappa shape index (κ1) is 18.5. The fraction of sp³-hybridized carbons (Fsp3) is 0.143. The lowest BCUT2D eigenvalue weighted by Gasteiger charge is -2.14. The second kappa shape index (κ2) is 8.42. The van der Waals surface area contributed by atoms with Gasteiger partial charge in [-0.25, -0.2) is 4.39 Å². The van der Waals surface area contributed by atoms with Crippen LogP contribution in [0.1, 0.15) is 0 Å². The fourth-order valence-electron chi connectivity index (χ4n) is 2.82. The lowest BCUT2D eigenvalue weighted by molar-refractivity contribution is -0.862. The maximum absolute atomic E-state index is 12.9. The van der Waals surface area contributed by atoms with Crippen molar-refractivity contribution in [2.45, 2.75) is 0 Å². The van der Waals surface area contributed by atoms with Crippen molar-refractivity contribution in [2.24, 2.45) is 0 Å². The second-order valence-electron chi connectivity index (χ2n) is 6.48. The van der Waals surface area contributed by atoms with Crippen LogP contribution < -0.4 is 15.5 Å². The van der Waals surface area contributed by atoms with Gasteiger partial charge in [-0.2, -0.15) is 0 Å². The van der Waals surface area contributed by atoms with Crippen molar-refractivity contribution >= 4 is 34.0 Å². The van der Waals surface area contributed by atoms with Gasteiger partial charge in [0.2, 0.25) is 0 Å². The Bertz CT molecular complexity index is 957. The number of quaternary nitrogens is 1. The number of fused-ring (bicyclic) bond motifs is 1. The van der Waals surface area contributed by atoms with Gasteiger partial charge in [-0.1, -0.05) is 30.3 Å². The first-order chi connectivity index (χ1) is 13.0. The number of halogens is 1. The van der Waals surface area contributed by atoms with Crippen LogP contribution in [0.5, 0.6) is 0 Å². The number of carbonyl (C=O) groups excluding carboxylic acids is 2. The van der Waals surface area contributed by atoms with E-state index in [1.54, 1.807) is 7.05 Å². The van der Waals surface area contributed by atoms with E-state index in [9.17, 15) is 14.0 Å². The number of rotatable bonds is 6. The number of hydrogen-bond acceptors (Lipinski definition) is 2. The van der Waals surface area contributed by atoms with E-state index in [1.165, 1.54) is 24.3 Å². The van der Waals surface area contributed by atoms with Crippen LogP contribution in [0.3, 0.4) is 0 Å². The molecule has 0 heterocycles. The van der Waals surface area contributed by atoms with E-state index in [2.05, 4.69) is 10.6 Å². The highest BCUT2D eigenvalue weighted by atomic mass is 19.1. The van der Waals surface area contributed by atoms with E-state index < -0.39 is 0 Å². The minimum atomic E-state index is -0.360. The molecule has 3 aromatic carbocycles. The summed E-state index contributed by atoms with van der Waals surface area (Å²) in [5, 5.41) is 7.70. The Balaban J connectivity index is 1.50. The van der Waals surface area contributed by atoms with E-state index in [0.29, 0.717) is 5.69 Å². The van der Waals surface area contributed by atoms with Crippen LogP contribution in [0.25, 0.3) is 10.8 Å². The first-order valence-electron chi connectivity index (χ1n) is 8.65. The molecule has 0 aliphatic rings. The number of nitrogens with one attached hydrogen (secondary N) is 3. The Morgan fingerprint density at radius 1 is 0.815 bits per heavy atom. The molecule has 3 N–H and O–H groups in total. The minimum Gasteiger partial charge on any atom is -0.322 e. The van der Waals surface area contributed by atoms with Gasteiger partial charge >= 0.3 is 0 Å². The van der Waals surface area contributed by atoms with Crippen molar-refractivity contribution in [3.05, 3.63) is 72.5 Å². The Labute approximate surface area is 156 Å². The zero-order valence-electron chi connectivity index (χ0n) is 15.0. The van der Waals surface area contributed by atoms with Gasteiger partial charge < -0.3 is 15.5 Å². The molecular formula is C21H21FN3O2+. The van der Waals surface area contributed by atoms with Gasteiger partial charge in [0.05, 0.1) is 7.05 Å². The lowest BCUT2D eigenvalue weighted by atomic mass is 10.1. The van der Waals surface area contributed by atoms with Gasteiger partial charge in [-0.15, -0.1) is 0 Å². The highest BCUT2D eigenvalue weighted by molar-refractivity contribution is 5.95. The van der Waals surface area contributed by atoms with E-state index in [4.69, 9.17) is 0 Å². The number of amides is 2. The van der Waals surface area contributed by atoms with E-state index in [1.807, 2.05) is 42.5 Å². The second-order valence-corrected chi connectivity index (χ2v) is 6.48. The van der Waals surface area contributed by atoms with E-state index >= 15 is 0 Å². The molecular weight excluding hydrogens is 345 g/mol. The van der Waals surface area contributed by atoms with Gasteiger partial charge in [-0.05, 0) is 47.2 Å². The number of likely N-dealkylation sites (N-methyl/N-ethyl adjacent to an activating group) is 1. The summed E-state index contributed by atoms with van der Waals surface area (Å²) in [4.78, 5) is 25.0. The van der Waals surface area contributed by atoms with Crippen LogP contribution in [-0.4, -0.2) is 32.0 Å². The topological polar surface area (TPSA) is 62.6 Å². The monoisotopic (exact) mass is 366 g/mol. The summed E-state index contributed by atoms with van der Waals surface area (Å²) in [6.07, 6.45) is 0. The van der Waals surface area contributed by atoms with Gasteiger partial charge in [-0.3, -0.25) is 9.59 Å². The molecule has 0 bridgehead atoms. The molecule has 0 spiro atoms. The predicted molar refractivity (Wildman–Crippen MR) is 104 cm³/mol. The van der Waals surface area contributed by atoms with Crippen molar-refractivity contribution in [1.29, 1.82) is 0 Å². The molecule has 2 amide bonds. The fourth-order valence-corrected chi connectivity index (χ4v) is 2.82. The van der Waals surface area contributed by atoms with Crippen LogP contribution in [0.4, 0.5) is 15.8 Å². The maximum atomic E-state index is 12.9. The molecule has 5 nitrogen and oxygen atoms in total. The third-order valence-electron chi connectivity index (χ3n) is 4.09. The summed E-state index contributed by atoms with van der Waals surface area (Å²) in [6, 6.07) is 19.2. The third kappa shape index (κ3) is 5.36. The molecule has 0 aromatic heterocycles. The summed E-state index contributed by atoms with van der Waals surface area (Å²) < 4.78 is 12.9. The molecule has 0 aliphatic carbocycles. The van der Waals surface area contributed by atoms with Crippen LogP contribution in [0, 0.1) is 5.82 Å². The summed E-state index contributed by atoms with van der Waals surface area (Å²) >= 11 is 0. The molecule has 1 atom stereocenters. The van der Waals surface area contributed by atoms with Crippen molar-refractivity contribution in [3.63, 3.8) is 0 Å². The lowest BCUT2D eigenvalue weighted by Crippen LogP contribution is -3.11. The molecule has 27 heavy (non-hydrogen) atoms. The molecule has 138 valence electrons. The Morgan fingerprint density at radius 2 is 1.37 bits per heavy atom.